The number of hydrogen-bond acceptors (Lipinski definition) is 4. The van der Waals surface area contributed by atoms with Gasteiger partial charge in [-0.15, -0.1) is 0 Å². The number of ether oxygens (including phenoxy) is 1. The fourth-order valence-corrected chi connectivity index (χ4v) is 1.85. The van der Waals surface area contributed by atoms with Gasteiger partial charge in [-0.05, 0) is 11.1 Å². The summed E-state index contributed by atoms with van der Waals surface area (Å²) in [5.41, 5.74) is 2.05. The van der Waals surface area contributed by atoms with Crippen LogP contribution in [0.15, 0.2) is 73.1 Å². The number of hydrogen-bond donors (Lipinski definition) is 1. The van der Waals surface area contributed by atoms with E-state index in [1.165, 1.54) is 12.4 Å². The van der Waals surface area contributed by atoms with E-state index < -0.39 is 0 Å². The topological polar surface area (TPSA) is 55.2 Å². The molecule has 1 heterocycles. The van der Waals surface area contributed by atoms with Crippen molar-refractivity contribution in [1.29, 1.82) is 0 Å². The Morgan fingerprint density at radius 3 is 2.00 bits per heavy atom. The minimum atomic E-state index is 0.140. The standard InChI is InChI=1S/C11H9ClN2O.C7H8O/c12-10-6-13-7-11(14-10)15-8-9-4-2-1-3-5-9;8-6-7-4-2-1-3-5-7/h1-7H,8H2;1-5,8H,6H2. The van der Waals surface area contributed by atoms with Gasteiger partial charge in [-0.25, -0.2) is 0 Å². The van der Waals surface area contributed by atoms with Crippen LogP contribution < -0.4 is 4.74 Å². The fourth-order valence-electron chi connectivity index (χ4n) is 1.71. The molecule has 0 aliphatic heterocycles. The highest BCUT2D eigenvalue weighted by molar-refractivity contribution is 6.29. The van der Waals surface area contributed by atoms with E-state index in [1.807, 2.05) is 60.7 Å². The zero-order valence-electron chi connectivity index (χ0n) is 12.5. The molecule has 3 aromatic rings. The van der Waals surface area contributed by atoms with E-state index in [2.05, 4.69) is 9.97 Å². The van der Waals surface area contributed by atoms with Crippen LogP contribution in [0.4, 0.5) is 0 Å². The molecule has 1 aromatic heterocycles. The molecule has 2 aromatic carbocycles. The van der Waals surface area contributed by atoms with Crippen LogP contribution >= 0.6 is 11.6 Å². The Morgan fingerprint density at radius 1 is 0.870 bits per heavy atom. The smallest absolute Gasteiger partial charge is 0.234 e. The molecule has 0 saturated heterocycles. The van der Waals surface area contributed by atoms with Crippen LogP contribution in [-0.4, -0.2) is 15.1 Å². The molecular formula is C18H17ClN2O2. The molecule has 118 valence electrons. The molecule has 0 saturated carbocycles. The van der Waals surface area contributed by atoms with E-state index in [0.29, 0.717) is 17.6 Å². The summed E-state index contributed by atoms with van der Waals surface area (Å²) in [6, 6.07) is 19.4. The summed E-state index contributed by atoms with van der Waals surface area (Å²) in [7, 11) is 0. The molecule has 1 N–H and O–H groups in total. The molecule has 0 radical (unpaired) electrons. The Hall–Kier alpha value is -2.43. The van der Waals surface area contributed by atoms with Gasteiger partial charge in [0.25, 0.3) is 0 Å². The van der Waals surface area contributed by atoms with Gasteiger partial charge in [0, 0.05) is 0 Å². The Bertz CT molecular complexity index is 694. The molecular weight excluding hydrogens is 312 g/mol. The average Bonchev–Trinajstić information content (AvgIpc) is 2.62. The second kappa shape index (κ2) is 9.56. The predicted octanol–water partition coefficient (Wildman–Crippen LogP) is 3.89. The maximum absolute atomic E-state index is 8.54. The van der Waals surface area contributed by atoms with Gasteiger partial charge < -0.3 is 9.84 Å². The molecule has 0 amide bonds. The summed E-state index contributed by atoms with van der Waals surface area (Å²) >= 11 is 5.67. The van der Waals surface area contributed by atoms with Crippen LogP contribution in [0, 0.1) is 0 Å². The first-order valence-electron chi connectivity index (χ1n) is 7.07. The van der Waals surface area contributed by atoms with Crippen LogP contribution in [0.5, 0.6) is 5.88 Å². The number of aromatic nitrogens is 2. The summed E-state index contributed by atoms with van der Waals surface area (Å²) in [5.74, 6) is 0.436. The summed E-state index contributed by atoms with van der Waals surface area (Å²) in [6.07, 6.45) is 3.01. The van der Waals surface area contributed by atoms with Gasteiger partial charge in [0.2, 0.25) is 5.88 Å². The van der Waals surface area contributed by atoms with Gasteiger partial charge in [0.05, 0.1) is 19.0 Å². The number of halogens is 1. The van der Waals surface area contributed by atoms with Gasteiger partial charge in [-0.1, -0.05) is 72.3 Å². The zero-order valence-corrected chi connectivity index (χ0v) is 13.2. The monoisotopic (exact) mass is 328 g/mol. The van der Waals surface area contributed by atoms with Crippen molar-refractivity contribution < 1.29 is 9.84 Å². The van der Waals surface area contributed by atoms with Crippen LogP contribution in [0.1, 0.15) is 11.1 Å². The Balaban J connectivity index is 0.000000203. The van der Waals surface area contributed by atoms with Crippen molar-refractivity contribution in [2.75, 3.05) is 0 Å². The van der Waals surface area contributed by atoms with Crippen molar-refractivity contribution in [3.05, 3.63) is 89.3 Å². The number of nitrogens with zero attached hydrogens (tertiary/aromatic N) is 2. The van der Waals surface area contributed by atoms with Gasteiger partial charge in [0.15, 0.2) is 5.15 Å². The maximum atomic E-state index is 8.54. The molecule has 0 aliphatic carbocycles. The quantitative estimate of drug-likeness (QED) is 0.789. The maximum Gasteiger partial charge on any atom is 0.234 e. The highest BCUT2D eigenvalue weighted by Gasteiger charge is 1.98. The first-order valence-corrected chi connectivity index (χ1v) is 7.45. The third-order valence-corrected chi connectivity index (χ3v) is 3.02. The molecule has 0 fully saturated rings. The molecule has 0 atom stereocenters. The molecule has 0 unspecified atom stereocenters. The van der Waals surface area contributed by atoms with E-state index in [-0.39, 0.29) is 6.61 Å². The van der Waals surface area contributed by atoms with Gasteiger partial charge in [-0.2, -0.15) is 4.98 Å². The number of rotatable bonds is 4. The van der Waals surface area contributed by atoms with E-state index in [0.717, 1.165) is 11.1 Å². The largest absolute Gasteiger partial charge is 0.472 e. The molecule has 3 rings (SSSR count). The molecule has 0 aliphatic rings. The minimum absolute atomic E-state index is 0.140. The van der Waals surface area contributed by atoms with Gasteiger partial charge >= 0.3 is 0 Å². The summed E-state index contributed by atoms with van der Waals surface area (Å²) in [4.78, 5) is 7.85. The lowest BCUT2D eigenvalue weighted by Gasteiger charge is -2.04. The van der Waals surface area contributed by atoms with Crippen LogP contribution in [0.3, 0.4) is 0 Å². The predicted molar refractivity (Wildman–Crippen MR) is 90.2 cm³/mol. The van der Waals surface area contributed by atoms with Crippen LogP contribution in [0.2, 0.25) is 5.15 Å². The highest BCUT2D eigenvalue weighted by atomic mass is 35.5. The lowest BCUT2D eigenvalue weighted by molar-refractivity contribution is 0.282. The third-order valence-electron chi connectivity index (χ3n) is 2.84. The highest BCUT2D eigenvalue weighted by Crippen LogP contribution is 2.11. The van der Waals surface area contributed by atoms with E-state index >= 15 is 0 Å². The minimum Gasteiger partial charge on any atom is -0.472 e. The van der Waals surface area contributed by atoms with Gasteiger partial charge in [0.1, 0.15) is 6.61 Å². The lowest BCUT2D eigenvalue weighted by atomic mass is 10.2. The number of aliphatic hydroxyl groups is 1. The van der Waals surface area contributed by atoms with Crippen molar-refractivity contribution in [2.45, 2.75) is 13.2 Å². The molecule has 0 spiro atoms. The fraction of sp³-hybridized carbons (Fsp3) is 0.111. The summed E-state index contributed by atoms with van der Waals surface area (Å²) in [6.45, 7) is 0.608. The molecule has 23 heavy (non-hydrogen) atoms. The lowest BCUT2D eigenvalue weighted by Crippen LogP contribution is -1.97. The van der Waals surface area contributed by atoms with Crippen LogP contribution in [-0.2, 0) is 13.2 Å². The second-order valence-corrected chi connectivity index (χ2v) is 4.99. The Kier molecular flexibility index (Phi) is 7.04. The Morgan fingerprint density at radius 2 is 1.48 bits per heavy atom. The van der Waals surface area contributed by atoms with Crippen molar-refractivity contribution in [3.63, 3.8) is 0 Å². The van der Waals surface area contributed by atoms with Crippen molar-refractivity contribution in [2.24, 2.45) is 0 Å². The second-order valence-electron chi connectivity index (χ2n) is 4.60. The van der Waals surface area contributed by atoms with Crippen LogP contribution in [0.25, 0.3) is 0 Å². The van der Waals surface area contributed by atoms with Gasteiger partial charge in [-0.3, -0.25) is 4.98 Å². The molecule has 4 nitrogen and oxygen atoms in total. The first kappa shape index (κ1) is 16.9. The summed E-state index contributed by atoms with van der Waals surface area (Å²) < 4.78 is 5.41. The third kappa shape index (κ3) is 6.46. The molecule has 5 heteroatoms. The summed E-state index contributed by atoms with van der Waals surface area (Å²) in [5, 5.41) is 8.87. The number of aliphatic hydroxyl groups excluding tert-OH is 1. The van der Waals surface area contributed by atoms with E-state index in [9.17, 15) is 0 Å². The average molecular weight is 329 g/mol. The van der Waals surface area contributed by atoms with E-state index in [1.54, 1.807) is 0 Å². The van der Waals surface area contributed by atoms with Crippen molar-refractivity contribution >= 4 is 11.6 Å². The normalized spacial score (nSPS) is 9.65. The zero-order chi connectivity index (χ0) is 16.3. The first-order chi connectivity index (χ1) is 11.3. The Labute approximate surface area is 140 Å². The SMILES string of the molecule is Clc1cncc(OCc2ccccc2)n1.OCc1ccccc1. The molecule has 0 bridgehead atoms. The number of benzene rings is 2. The van der Waals surface area contributed by atoms with E-state index in [4.69, 9.17) is 21.4 Å². The van der Waals surface area contributed by atoms with Crippen molar-refractivity contribution in [3.8, 4) is 5.88 Å². The van der Waals surface area contributed by atoms with Crippen molar-refractivity contribution in [1.82, 2.24) is 9.97 Å².